The Morgan fingerprint density at radius 1 is 1.00 bits per heavy atom. The van der Waals surface area contributed by atoms with Crippen molar-refractivity contribution in [3.05, 3.63) is 53.6 Å². The Kier molecular flexibility index (Phi) is 5.87. The molecule has 9 heteroatoms. The molecule has 8 nitrogen and oxygen atoms in total. The van der Waals surface area contributed by atoms with Gasteiger partial charge in [-0.05, 0) is 36.8 Å². The van der Waals surface area contributed by atoms with E-state index in [1.54, 1.807) is 37.8 Å². The number of anilines is 2. The van der Waals surface area contributed by atoms with E-state index in [1.807, 2.05) is 36.2 Å². The number of amides is 1. The lowest BCUT2D eigenvalue weighted by atomic mass is 10.1. The number of hydrogen-bond donors (Lipinski definition) is 0. The van der Waals surface area contributed by atoms with Crippen LogP contribution in [-0.4, -0.2) is 61.8 Å². The minimum absolute atomic E-state index is 0.158. The minimum Gasteiger partial charge on any atom is -0.355 e. The number of aryl methyl sites for hydroxylation is 1. The molecule has 0 saturated heterocycles. The van der Waals surface area contributed by atoms with E-state index >= 15 is 0 Å². The Morgan fingerprint density at radius 3 is 2.25 bits per heavy atom. The van der Waals surface area contributed by atoms with Crippen LogP contribution in [-0.2, 0) is 10.0 Å². The molecule has 1 aliphatic rings. The zero-order valence-electron chi connectivity index (χ0n) is 18.7. The standard InChI is InChI=1S/C23H27N5O3S/c1-5-27(6-2)32(30,31)20-15-17(12-11-16(20)3)23(29)28-14-13-26(4)21-22(28)25-19-10-8-7-9-18(19)24-21/h7-12,15H,5-6,13-14H2,1-4H3. The highest BCUT2D eigenvalue weighted by Gasteiger charge is 2.31. The minimum atomic E-state index is -3.69. The maximum Gasteiger partial charge on any atom is 0.259 e. The molecule has 168 valence electrons. The van der Waals surface area contributed by atoms with Crippen LogP contribution in [0.4, 0.5) is 11.6 Å². The van der Waals surface area contributed by atoms with Gasteiger partial charge < -0.3 is 4.90 Å². The molecule has 2 heterocycles. The van der Waals surface area contributed by atoms with Crippen LogP contribution >= 0.6 is 0 Å². The number of para-hydroxylation sites is 2. The summed E-state index contributed by atoms with van der Waals surface area (Å²) in [5, 5.41) is 0. The third kappa shape index (κ3) is 3.71. The maximum atomic E-state index is 13.5. The highest BCUT2D eigenvalue weighted by Crippen LogP contribution is 2.32. The van der Waals surface area contributed by atoms with Crippen LogP contribution < -0.4 is 9.80 Å². The molecule has 3 aromatic rings. The smallest absolute Gasteiger partial charge is 0.259 e. The van der Waals surface area contributed by atoms with Gasteiger partial charge in [0, 0.05) is 38.8 Å². The highest BCUT2D eigenvalue weighted by atomic mass is 32.2. The second kappa shape index (κ2) is 8.48. The number of nitrogens with zero attached hydrogens (tertiary/aromatic N) is 5. The van der Waals surface area contributed by atoms with Crippen LogP contribution in [0.1, 0.15) is 29.8 Å². The number of hydrogen-bond acceptors (Lipinski definition) is 6. The molecule has 0 bridgehead atoms. The third-order valence-corrected chi connectivity index (χ3v) is 8.01. The van der Waals surface area contributed by atoms with Gasteiger partial charge in [0.2, 0.25) is 10.0 Å². The molecule has 1 amide bonds. The van der Waals surface area contributed by atoms with E-state index in [0.29, 0.717) is 54.5 Å². The van der Waals surface area contributed by atoms with Gasteiger partial charge in [-0.2, -0.15) is 4.31 Å². The van der Waals surface area contributed by atoms with Gasteiger partial charge in [-0.3, -0.25) is 9.69 Å². The van der Waals surface area contributed by atoms with Crippen molar-refractivity contribution in [1.82, 2.24) is 14.3 Å². The Hall–Kier alpha value is -3.04. The molecule has 1 aliphatic heterocycles. The lowest BCUT2D eigenvalue weighted by molar-refractivity contribution is 0.0985. The molecule has 0 N–H and O–H groups in total. The summed E-state index contributed by atoms with van der Waals surface area (Å²) in [5.74, 6) is 0.822. The van der Waals surface area contributed by atoms with Gasteiger partial charge in [-0.25, -0.2) is 18.4 Å². The fourth-order valence-electron chi connectivity index (χ4n) is 3.95. The van der Waals surface area contributed by atoms with Crippen molar-refractivity contribution in [1.29, 1.82) is 0 Å². The first-order chi connectivity index (χ1) is 15.3. The van der Waals surface area contributed by atoms with Crippen LogP contribution in [0.25, 0.3) is 11.0 Å². The number of carbonyl (C=O) groups excluding carboxylic acids is 1. The van der Waals surface area contributed by atoms with E-state index < -0.39 is 10.0 Å². The number of aromatic nitrogens is 2. The molecular weight excluding hydrogens is 426 g/mol. The fraction of sp³-hybridized carbons (Fsp3) is 0.348. The molecule has 0 atom stereocenters. The molecule has 0 aliphatic carbocycles. The summed E-state index contributed by atoms with van der Waals surface area (Å²) in [5.41, 5.74) is 2.38. The summed E-state index contributed by atoms with van der Waals surface area (Å²) in [6.07, 6.45) is 0. The number of likely N-dealkylation sites (N-methyl/N-ethyl adjacent to an activating group) is 1. The third-order valence-electron chi connectivity index (χ3n) is 5.81. The van der Waals surface area contributed by atoms with Gasteiger partial charge in [0.25, 0.3) is 5.91 Å². The molecule has 0 spiro atoms. The number of carbonyl (C=O) groups is 1. The Balaban J connectivity index is 1.78. The van der Waals surface area contributed by atoms with Gasteiger partial charge in [-0.15, -0.1) is 0 Å². The first-order valence-corrected chi connectivity index (χ1v) is 12.1. The van der Waals surface area contributed by atoms with Crippen LogP contribution in [0.2, 0.25) is 0 Å². The SMILES string of the molecule is CCN(CC)S(=O)(=O)c1cc(C(=O)N2CCN(C)c3nc4ccccc4nc32)ccc1C. The molecule has 1 aromatic heterocycles. The van der Waals surface area contributed by atoms with Crippen molar-refractivity contribution < 1.29 is 13.2 Å². The first kappa shape index (κ1) is 22.2. The molecule has 2 aromatic carbocycles. The second-order valence-electron chi connectivity index (χ2n) is 7.81. The van der Waals surface area contributed by atoms with Crippen LogP contribution in [0.15, 0.2) is 47.4 Å². The fourth-order valence-corrected chi connectivity index (χ4v) is 5.66. The topological polar surface area (TPSA) is 86.7 Å². The highest BCUT2D eigenvalue weighted by molar-refractivity contribution is 7.89. The van der Waals surface area contributed by atoms with Crippen molar-refractivity contribution >= 4 is 38.6 Å². The Bertz CT molecular complexity index is 1290. The largest absolute Gasteiger partial charge is 0.355 e. The number of benzene rings is 2. The summed E-state index contributed by atoms with van der Waals surface area (Å²) < 4.78 is 27.6. The summed E-state index contributed by atoms with van der Waals surface area (Å²) in [6, 6.07) is 12.4. The van der Waals surface area contributed by atoms with E-state index in [4.69, 9.17) is 9.97 Å². The molecule has 0 saturated carbocycles. The van der Waals surface area contributed by atoms with Crippen LogP contribution in [0.3, 0.4) is 0 Å². The molecular formula is C23H27N5O3S. The lowest BCUT2D eigenvalue weighted by Crippen LogP contribution is -2.44. The second-order valence-corrected chi connectivity index (χ2v) is 9.71. The Labute approximate surface area is 188 Å². The number of fused-ring (bicyclic) bond motifs is 2. The maximum absolute atomic E-state index is 13.5. The molecule has 0 unspecified atom stereocenters. The summed E-state index contributed by atoms with van der Waals surface area (Å²) >= 11 is 0. The van der Waals surface area contributed by atoms with Crippen molar-refractivity contribution in [3.8, 4) is 0 Å². The zero-order valence-corrected chi connectivity index (χ0v) is 19.6. The first-order valence-electron chi connectivity index (χ1n) is 10.7. The molecule has 32 heavy (non-hydrogen) atoms. The molecule has 0 fully saturated rings. The number of rotatable bonds is 5. The molecule has 4 rings (SSSR count). The van der Waals surface area contributed by atoms with Crippen molar-refractivity contribution in [2.24, 2.45) is 0 Å². The van der Waals surface area contributed by atoms with Crippen molar-refractivity contribution in [2.45, 2.75) is 25.7 Å². The van der Waals surface area contributed by atoms with E-state index in [9.17, 15) is 13.2 Å². The van der Waals surface area contributed by atoms with E-state index in [0.717, 1.165) is 5.52 Å². The van der Waals surface area contributed by atoms with Gasteiger partial charge >= 0.3 is 0 Å². The normalized spacial score (nSPS) is 14.2. The van der Waals surface area contributed by atoms with Crippen molar-refractivity contribution in [2.75, 3.05) is 43.0 Å². The van der Waals surface area contributed by atoms with E-state index in [1.165, 1.54) is 10.4 Å². The zero-order chi connectivity index (χ0) is 23.0. The monoisotopic (exact) mass is 453 g/mol. The molecule has 0 radical (unpaired) electrons. The van der Waals surface area contributed by atoms with Gasteiger partial charge in [0.05, 0.1) is 15.9 Å². The van der Waals surface area contributed by atoms with Gasteiger partial charge in [0.15, 0.2) is 11.6 Å². The van der Waals surface area contributed by atoms with Crippen molar-refractivity contribution in [3.63, 3.8) is 0 Å². The summed E-state index contributed by atoms with van der Waals surface area (Å²) in [4.78, 5) is 26.7. The average molecular weight is 454 g/mol. The summed E-state index contributed by atoms with van der Waals surface area (Å²) in [7, 11) is -1.77. The van der Waals surface area contributed by atoms with Crippen LogP contribution in [0, 0.1) is 6.92 Å². The average Bonchev–Trinajstić information content (AvgIpc) is 2.79. The van der Waals surface area contributed by atoms with E-state index in [-0.39, 0.29) is 10.8 Å². The van der Waals surface area contributed by atoms with Gasteiger partial charge in [0.1, 0.15) is 0 Å². The van der Waals surface area contributed by atoms with Gasteiger partial charge in [-0.1, -0.05) is 32.0 Å². The van der Waals surface area contributed by atoms with Crippen LogP contribution in [0.5, 0.6) is 0 Å². The quantitative estimate of drug-likeness (QED) is 0.590. The predicted molar refractivity (Wildman–Crippen MR) is 126 cm³/mol. The predicted octanol–water partition coefficient (Wildman–Crippen LogP) is 3.07. The Morgan fingerprint density at radius 2 is 1.62 bits per heavy atom. The number of sulfonamides is 1. The summed E-state index contributed by atoms with van der Waals surface area (Å²) in [6.45, 7) is 7.11. The van der Waals surface area contributed by atoms with E-state index in [2.05, 4.69) is 0 Å². The lowest BCUT2D eigenvalue weighted by Gasteiger charge is -2.34.